The minimum absolute atomic E-state index is 0.239. The summed E-state index contributed by atoms with van der Waals surface area (Å²) in [5.74, 6) is -0.00518. The summed E-state index contributed by atoms with van der Waals surface area (Å²) in [6, 6.07) is 10.4. The van der Waals surface area contributed by atoms with E-state index in [1.54, 1.807) is 19.1 Å². The maximum Gasteiger partial charge on any atom is 0.338 e. The predicted octanol–water partition coefficient (Wildman–Crippen LogP) is 3.35. The summed E-state index contributed by atoms with van der Waals surface area (Å²) in [4.78, 5) is 26.9. The molecule has 1 aliphatic heterocycles. The first-order valence-corrected chi connectivity index (χ1v) is 9.71. The maximum absolute atomic E-state index is 12.7. The third-order valence-corrected chi connectivity index (χ3v) is 4.80. The molecule has 1 aromatic heterocycles. The Morgan fingerprint density at radius 3 is 2.64 bits per heavy atom. The topological polar surface area (TPSA) is 83.8 Å². The normalized spacial score (nSPS) is 16.7. The van der Waals surface area contributed by atoms with Crippen LogP contribution in [0.1, 0.15) is 24.3 Å². The summed E-state index contributed by atoms with van der Waals surface area (Å²) in [5.41, 5.74) is 1.97. The fourth-order valence-electron chi connectivity index (χ4n) is 3.09. The smallest absolute Gasteiger partial charge is 0.338 e. The Morgan fingerprint density at radius 2 is 2.00 bits per heavy atom. The molecule has 3 rings (SSSR count). The highest BCUT2D eigenvalue weighted by Gasteiger charge is 2.35. The van der Waals surface area contributed by atoms with Gasteiger partial charge in [0.15, 0.2) is 0 Å². The first-order chi connectivity index (χ1) is 13.5. The van der Waals surface area contributed by atoms with Crippen LogP contribution < -0.4 is 10.6 Å². The molecule has 7 nitrogen and oxygen atoms in total. The van der Waals surface area contributed by atoms with Crippen LogP contribution in [0.4, 0.5) is 4.79 Å². The molecule has 0 fully saturated rings. The standard InChI is InChI=1S/C20H22BrN3O4/c1-3-27-19(25)17-15(12-24(2)11-13-6-8-14(21)9-7-13)22-20(26)23-18(17)16-5-4-10-28-16/h4-10,18H,3,11-12H2,1-2H3,(H2,22,23,26). The van der Waals surface area contributed by atoms with Crippen LogP contribution in [0.5, 0.6) is 0 Å². The van der Waals surface area contributed by atoms with Crippen LogP contribution in [0.25, 0.3) is 0 Å². The quantitative estimate of drug-likeness (QED) is 0.635. The van der Waals surface area contributed by atoms with Crippen molar-refractivity contribution in [3.05, 3.63) is 69.7 Å². The average molecular weight is 448 g/mol. The van der Waals surface area contributed by atoms with Gasteiger partial charge in [-0.1, -0.05) is 28.1 Å². The van der Waals surface area contributed by atoms with Gasteiger partial charge in [-0.25, -0.2) is 9.59 Å². The molecule has 0 radical (unpaired) electrons. The van der Waals surface area contributed by atoms with Crippen LogP contribution in [0.3, 0.4) is 0 Å². The van der Waals surface area contributed by atoms with Crippen molar-refractivity contribution >= 4 is 27.9 Å². The number of amides is 2. The van der Waals surface area contributed by atoms with Crippen LogP contribution >= 0.6 is 15.9 Å². The summed E-state index contributed by atoms with van der Waals surface area (Å²) in [5, 5.41) is 5.50. The molecule has 8 heteroatoms. The molecule has 0 saturated heterocycles. The molecule has 2 aromatic rings. The van der Waals surface area contributed by atoms with E-state index in [9.17, 15) is 9.59 Å². The first-order valence-electron chi connectivity index (χ1n) is 8.92. The largest absolute Gasteiger partial charge is 0.467 e. The summed E-state index contributed by atoms with van der Waals surface area (Å²) in [7, 11) is 1.92. The van der Waals surface area contributed by atoms with Crippen molar-refractivity contribution in [1.29, 1.82) is 0 Å². The van der Waals surface area contributed by atoms with Crippen molar-refractivity contribution in [2.45, 2.75) is 19.5 Å². The lowest BCUT2D eigenvalue weighted by Crippen LogP contribution is -2.48. The summed E-state index contributed by atoms with van der Waals surface area (Å²) in [6.07, 6.45) is 1.51. The van der Waals surface area contributed by atoms with Gasteiger partial charge in [-0.3, -0.25) is 4.90 Å². The van der Waals surface area contributed by atoms with Gasteiger partial charge >= 0.3 is 12.0 Å². The van der Waals surface area contributed by atoms with E-state index in [2.05, 4.69) is 26.6 Å². The van der Waals surface area contributed by atoms with E-state index < -0.39 is 12.0 Å². The van der Waals surface area contributed by atoms with E-state index in [0.717, 1.165) is 10.0 Å². The Bertz CT molecular complexity index is 862. The molecule has 2 amide bonds. The fourth-order valence-corrected chi connectivity index (χ4v) is 3.35. The van der Waals surface area contributed by atoms with Gasteiger partial charge in [0.1, 0.15) is 11.8 Å². The second-order valence-electron chi connectivity index (χ2n) is 6.46. The zero-order valence-electron chi connectivity index (χ0n) is 15.7. The number of nitrogens with one attached hydrogen (secondary N) is 2. The Labute approximate surface area is 171 Å². The van der Waals surface area contributed by atoms with E-state index in [4.69, 9.17) is 9.15 Å². The number of esters is 1. The van der Waals surface area contributed by atoms with Gasteiger partial charge in [0, 0.05) is 23.3 Å². The maximum atomic E-state index is 12.7. The number of halogens is 1. The molecule has 2 N–H and O–H groups in total. The molecule has 0 bridgehead atoms. The number of likely N-dealkylation sites (N-methyl/N-ethyl adjacent to an activating group) is 1. The van der Waals surface area contributed by atoms with Crippen molar-refractivity contribution < 1.29 is 18.7 Å². The number of urea groups is 1. The van der Waals surface area contributed by atoms with Crippen LogP contribution in [-0.4, -0.2) is 37.1 Å². The highest BCUT2D eigenvalue weighted by atomic mass is 79.9. The van der Waals surface area contributed by atoms with E-state index in [0.29, 0.717) is 30.1 Å². The number of hydrogen-bond donors (Lipinski definition) is 2. The zero-order valence-corrected chi connectivity index (χ0v) is 17.3. The number of carbonyl (C=O) groups excluding carboxylic acids is 2. The molecule has 0 aliphatic carbocycles. The molecule has 0 saturated carbocycles. The number of ether oxygens (including phenoxy) is 1. The molecule has 0 spiro atoms. The monoisotopic (exact) mass is 447 g/mol. The lowest BCUT2D eigenvalue weighted by atomic mass is 10.00. The molecule has 1 atom stereocenters. The minimum Gasteiger partial charge on any atom is -0.467 e. The number of rotatable bonds is 7. The molecule has 1 aromatic carbocycles. The van der Waals surface area contributed by atoms with Gasteiger partial charge in [-0.05, 0) is 43.8 Å². The number of benzene rings is 1. The van der Waals surface area contributed by atoms with Crippen molar-refractivity contribution in [3.63, 3.8) is 0 Å². The van der Waals surface area contributed by atoms with Gasteiger partial charge in [-0.15, -0.1) is 0 Å². The van der Waals surface area contributed by atoms with Gasteiger partial charge < -0.3 is 19.8 Å². The highest BCUT2D eigenvalue weighted by Crippen LogP contribution is 2.28. The van der Waals surface area contributed by atoms with Gasteiger partial charge in [-0.2, -0.15) is 0 Å². The van der Waals surface area contributed by atoms with Crippen molar-refractivity contribution in [2.24, 2.45) is 0 Å². The Balaban J connectivity index is 1.87. The van der Waals surface area contributed by atoms with Crippen LogP contribution in [-0.2, 0) is 16.1 Å². The lowest BCUT2D eigenvalue weighted by Gasteiger charge is -2.30. The first kappa shape index (κ1) is 20.2. The van der Waals surface area contributed by atoms with Crippen molar-refractivity contribution in [2.75, 3.05) is 20.2 Å². The summed E-state index contributed by atoms with van der Waals surface area (Å²) in [6.45, 7) is 3.01. The molecular formula is C20H22BrN3O4. The van der Waals surface area contributed by atoms with Crippen LogP contribution in [0.2, 0.25) is 0 Å². The number of carbonyl (C=O) groups is 2. The third kappa shape index (κ3) is 4.82. The van der Waals surface area contributed by atoms with E-state index >= 15 is 0 Å². The molecule has 28 heavy (non-hydrogen) atoms. The summed E-state index contributed by atoms with van der Waals surface area (Å²) >= 11 is 3.43. The Morgan fingerprint density at radius 1 is 1.25 bits per heavy atom. The molecule has 148 valence electrons. The van der Waals surface area contributed by atoms with Gasteiger partial charge in [0.25, 0.3) is 0 Å². The third-order valence-electron chi connectivity index (χ3n) is 4.27. The summed E-state index contributed by atoms with van der Waals surface area (Å²) < 4.78 is 11.7. The van der Waals surface area contributed by atoms with E-state index in [1.807, 2.05) is 36.2 Å². The number of furan rings is 1. The number of nitrogens with zero attached hydrogens (tertiary/aromatic N) is 1. The molecule has 2 heterocycles. The highest BCUT2D eigenvalue weighted by molar-refractivity contribution is 9.10. The minimum atomic E-state index is -0.695. The second-order valence-corrected chi connectivity index (χ2v) is 7.37. The molecular weight excluding hydrogens is 426 g/mol. The predicted molar refractivity (Wildman–Crippen MR) is 107 cm³/mol. The van der Waals surface area contributed by atoms with Crippen molar-refractivity contribution in [1.82, 2.24) is 15.5 Å². The fraction of sp³-hybridized carbons (Fsp3) is 0.300. The SMILES string of the molecule is CCOC(=O)C1=C(CN(C)Cc2ccc(Br)cc2)NC(=O)NC1c1ccco1. The van der Waals surface area contributed by atoms with E-state index in [1.165, 1.54) is 6.26 Å². The van der Waals surface area contributed by atoms with Crippen LogP contribution in [0, 0.1) is 0 Å². The van der Waals surface area contributed by atoms with Gasteiger partial charge in [0.2, 0.25) is 0 Å². The molecule has 1 unspecified atom stereocenters. The average Bonchev–Trinajstić information content (AvgIpc) is 3.18. The van der Waals surface area contributed by atoms with Gasteiger partial charge in [0.05, 0.1) is 18.4 Å². The number of hydrogen-bond acceptors (Lipinski definition) is 5. The second kappa shape index (κ2) is 9.07. The van der Waals surface area contributed by atoms with Crippen LogP contribution in [0.15, 0.2) is 62.8 Å². The lowest BCUT2D eigenvalue weighted by molar-refractivity contribution is -0.139. The Hall–Kier alpha value is -2.58. The molecule has 1 aliphatic rings. The Kier molecular flexibility index (Phi) is 6.53. The van der Waals surface area contributed by atoms with Crippen molar-refractivity contribution in [3.8, 4) is 0 Å². The van der Waals surface area contributed by atoms with E-state index in [-0.39, 0.29) is 12.6 Å². The zero-order chi connectivity index (χ0) is 20.1.